The molecule has 2 rings (SSSR count). The van der Waals surface area contributed by atoms with Gasteiger partial charge in [-0.1, -0.05) is 6.07 Å². The smallest absolute Gasteiger partial charge is 0.225 e. The number of thiophene rings is 1. The van der Waals surface area contributed by atoms with Gasteiger partial charge in [0.05, 0.1) is 19.2 Å². The Labute approximate surface area is 127 Å². The maximum absolute atomic E-state index is 11.8. The first kappa shape index (κ1) is 15.3. The fourth-order valence-electron chi connectivity index (χ4n) is 1.90. The second-order valence-corrected chi connectivity index (χ2v) is 5.66. The number of hydrogen-bond donors (Lipinski definition) is 1. The van der Waals surface area contributed by atoms with E-state index in [1.54, 1.807) is 28.6 Å². The van der Waals surface area contributed by atoms with Crippen LogP contribution in [0.15, 0.2) is 40.3 Å². The lowest BCUT2D eigenvalue weighted by Crippen LogP contribution is -2.37. The molecule has 21 heavy (non-hydrogen) atoms. The molecule has 0 aliphatic carbocycles. The number of amides is 2. The number of carbonyl (C=O) groups is 2. The average Bonchev–Trinajstić information content (AvgIpc) is 3.10. The van der Waals surface area contributed by atoms with E-state index < -0.39 is 0 Å². The normalized spacial score (nSPS) is 10.3. The lowest BCUT2D eigenvalue weighted by Gasteiger charge is -2.20. The van der Waals surface area contributed by atoms with Crippen LogP contribution in [-0.4, -0.2) is 29.8 Å². The molecule has 2 amide bonds. The van der Waals surface area contributed by atoms with Gasteiger partial charge in [0.2, 0.25) is 11.8 Å². The summed E-state index contributed by atoms with van der Waals surface area (Å²) in [6.07, 6.45) is 1.96. The first-order valence-corrected chi connectivity index (χ1v) is 7.60. The van der Waals surface area contributed by atoms with Crippen LogP contribution in [0.5, 0.6) is 0 Å². The Morgan fingerprint density at radius 1 is 1.33 bits per heavy atom. The Bertz CT molecular complexity index is 564. The number of nitrogens with one attached hydrogen (secondary N) is 1. The number of furan rings is 1. The van der Waals surface area contributed by atoms with Crippen LogP contribution in [0.2, 0.25) is 0 Å². The zero-order valence-electron chi connectivity index (χ0n) is 11.9. The van der Waals surface area contributed by atoms with Crippen molar-refractivity contribution in [2.24, 2.45) is 0 Å². The lowest BCUT2D eigenvalue weighted by molar-refractivity contribution is -0.130. The minimum Gasteiger partial charge on any atom is -0.467 e. The summed E-state index contributed by atoms with van der Waals surface area (Å²) in [5.41, 5.74) is 0. The van der Waals surface area contributed by atoms with E-state index >= 15 is 0 Å². The molecule has 0 bridgehead atoms. The van der Waals surface area contributed by atoms with E-state index in [-0.39, 0.29) is 11.8 Å². The second-order valence-electron chi connectivity index (χ2n) is 4.63. The summed E-state index contributed by atoms with van der Waals surface area (Å²) in [5, 5.41) is 4.78. The fourth-order valence-corrected chi connectivity index (χ4v) is 2.61. The Kier molecular flexibility index (Phi) is 5.57. The Morgan fingerprint density at radius 3 is 2.81 bits per heavy atom. The number of nitrogens with zero attached hydrogens (tertiary/aromatic N) is 1. The van der Waals surface area contributed by atoms with Crippen molar-refractivity contribution in [3.63, 3.8) is 0 Å². The van der Waals surface area contributed by atoms with Gasteiger partial charge >= 0.3 is 0 Å². The molecule has 0 fully saturated rings. The molecule has 0 aliphatic rings. The Morgan fingerprint density at radius 2 is 2.19 bits per heavy atom. The number of carbonyl (C=O) groups excluding carboxylic acids is 2. The van der Waals surface area contributed by atoms with Gasteiger partial charge in [-0.2, -0.15) is 0 Å². The summed E-state index contributed by atoms with van der Waals surface area (Å²) in [6, 6.07) is 7.47. The molecule has 0 radical (unpaired) electrons. The molecule has 2 aromatic heterocycles. The standard InChI is InChI=1S/C15H18N2O3S/c1-12(18)17(11-13-4-2-8-20-13)7-6-16-15(19)10-14-5-3-9-21-14/h2-5,8-9H,6-7,10-11H2,1H3,(H,16,19). The van der Waals surface area contributed by atoms with Crippen molar-refractivity contribution >= 4 is 23.2 Å². The van der Waals surface area contributed by atoms with E-state index in [1.807, 2.05) is 23.6 Å². The van der Waals surface area contributed by atoms with Crippen LogP contribution >= 0.6 is 11.3 Å². The van der Waals surface area contributed by atoms with Gasteiger partial charge in [-0.15, -0.1) is 11.3 Å². The average molecular weight is 306 g/mol. The third-order valence-electron chi connectivity index (χ3n) is 2.99. The van der Waals surface area contributed by atoms with Crippen molar-refractivity contribution in [3.05, 3.63) is 46.5 Å². The van der Waals surface area contributed by atoms with E-state index in [1.165, 1.54) is 6.92 Å². The summed E-state index contributed by atoms with van der Waals surface area (Å²) in [4.78, 5) is 26.0. The molecule has 0 atom stereocenters. The molecular weight excluding hydrogens is 288 g/mol. The number of rotatable bonds is 7. The molecule has 0 aliphatic heterocycles. The summed E-state index contributed by atoms with van der Waals surface area (Å²) in [6.45, 7) is 2.83. The van der Waals surface area contributed by atoms with E-state index in [4.69, 9.17) is 4.42 Å². The summed E-state index contributed by atoms with van der Waals surface area (Å²) in [5.74, 6) is 0.660. The van der Waals surface area contributed by atoms with Gasteiger partial charge in [0, 0.05) is 24.9 Å². The third kappa shape index (κ3) is 5.07. The van der Waals surface area contributed by atoms with Gasteiger partial charge in [0.15, 0.2) is 0 Å². The topological polar surface area (TPSA) is 62.6 Å². The van der Waals surface area contributed by atoms with Crippen LogP contribution in [0, 0.1) is 0 Å². The SMILES string of the molecule is CC(=O)N(CCNC(=O)Cc1cccs1)Cc1ccco1. The second kappa shape index (κ2) is 7.64. The predicted octanol–water partition coefficient (Wildman–Crippen LogP) is 2.05. The number of hydrogen-bond acceptors (Lipinski definition) is 4. The molecule has 0 aromatic carbocycles. The Hall–Kier alpha value is -2.08. The highest BCUT2D eigenvalue weighted by molar-refractivity contribution is 7.10. The van der Waals surface area contributed by atoms with Crippen molar-refractivity contribution in [2.75, 3.05) is 13.1 Å². The molecule has 1 N–H and O–H groups in total. The van der Waals surface area contributed by atoms with Gasteiger partial charge in [-0.25, -0.2) is 0 Å². The fraction of sp³-hybridized carbons (Fsp3) is 0.333. The van der Waals surface area contributed by atoms with E-state index in [0.29, 0.717) is 26.1 Å². The first-order valence-electron chi connectivity index (χ1n) is 6.72. The van der Waals surface area contributed by atoms with E-state index in [2.05, 4.69) is 5.32 Å². The molecule has 0 unspecified atom stereocenters. The van der Waals surface area contributed by atoms with Crippen molar-refractivity contribution in [2.45, 2.75) is 19.9 Å². The zero-order valence-corrected chi connectivity index (χ0v) is 12.7. The molecule has 2 aromatic rings. The highest BCUT2D eigenvalue weighted by Gasteiger charge is 2.11. The van der Waals surface area contributed by atoms with Crippen LogP contribution in [0.4, 0.5) is 0 Å². The van der Waals surface area contributed by atoms with E-state index in [9.17, 15) is 9.59 Å². The Balaban J connectivity index is 1.74. The minimum absolute atomic E-state index is 0.0287. The predicted molar refractivity (Wildman–Crippen MR) is 80.8 cm³/mol. The van der Waals surface area contributed by atoms with Crippen LogP contribution in [-0.2, 0) is 22.6 Å². The maximum atomic E-state index is 11.8. The van der Waals surface area contributed by atoms with Crippen molar-refractivity contribution < 1.29 is 14.0 Å². The van der Waals surface area contributed by atoms with E-state index in [0.717, 1.165) is 10.6 Å². The molecule has 112 valence electrons. The summed E-state index contributed by atoms with van der Waals surface area (Å²) < 4.78 is 5.23. The van der Waals surface area contributed by atoms with Crippen molar-refractivity contribution in [1.29, 1.82) is 0 Å². The van der Waals surface area contributed by atoms with Crippen molar-refractivity contribution in [1.82, 2.24) is 10.2 Å². The van der Waals surface area contributed by atoms with Gasteiger partial charge < -0.3 is 14.6 Å². The summed E-state index contributed by atoms with van der Waals surface area (Å²) >= 11 is 1.56. The van der Waals surface area contributed by atoms with Crippen LogP contribution in [0.25, 0.3) is 0 Å². The molecule has 0 saturated heterocycles. The lowest BCUT2D eigenvalue weighted by atomic mass is 10.3. The van der Waals surface area contributed by atoms with Crippen LogP contribution < -0.4 is 5.32 Å². The van der Waals surface area contributed by atoms with Crippen LogP contribution in [0.3, 0.4) is 0 Å². The first-order chi connectivity index (χ1) is 10.1. The van der Waals surface area contributed by atoms with Gasteiger partial charge in [0.25, 0.3) is 0 Å². The highest BCUT2D eigenvalue weighted by Crippen LogP contribution is 2.09. The molecule has 6 heteroatoms. The molecule has 0 saturated carbocycles. The largest absolute Gasteiger partial charge is 0.467 e. The monoisotopic (exact) mass is 306 g/mol. The van der Waals surface area contributed by atoms with Gasteiger partial charge in [0.1, 0.15) is 5.76 Å². The molecular formula is C15H18N2O3S. The highest BCUT2D eigenvalue weighted by atomic mass is 32.1. The zero-order chi connectivity index (χ0) is 15.1. The van der Waals surface area contributed by atoms with Gasteiger partial charge in [-0.3, -0.25) is 9.59 Å². The summed E-state index contributed by atoms with van der Waals surface area (Å²) in [7, 11) is 0. The quantitative estimate of drug-likeness (QED) is 0.851. The molecule has 0 spiro atoms. The maximum Gasteiger partial charge on any atom is 0.225 e. The van der Waals surface area contributed by atoms with Crippen LogP contribution in [0.1, 0.15) is 17.6 Å². The minimum atomic E-state index is -0.0427. The third-order valence-corrected chi connectivity index (χ3v) is 3.87. The van der Waals surface area contributed by atoms with Crippen molar-refractivity contribution in [3.8, 4) is 0 Å². The molecule has 2 heterocycles. The molecule has 5 nitrogen and oxygen atoms in total. The van der Waals surface area contributed by atoms with Gasteiger partial charge in [-0.05, 0) is 23.6 Å².